The lowest BCUT2D eigenvalue weighted by Crippen LogP contribution is -2.45. The molecule has 0 saturated carbocycles. The Morgan fingerprint density at radius 1 is 1.20 bits per heavy atom. The van der Waals surface area contributed by atoms with Crippen molar-refractivity contribution < 1.29 is 22.7 Å². The number of hydrogen-bond acceptors (Lipinski definition) is 5. The number of nitrogens with one attached hydrogen (secondary N) is 2. The summed E-state index contributed by atoms with van der Waals surface area (Å²) >= 11 is 5.85. The molecule has 0 radical (unpaired) electrons. The van der Waals surface area contributed by atoms with Crippen molar-refractivity contribution in [3.63, 3.8) is 0 Å². The Hall–Kier alpha value is -2.62. The Kier molecular flexibility index (Phi) is 6.64. The van der Waals surface area contributed by atoms with E-state index in [1.165, 1.54) is 23.1 Å². The second-order valence-corrected chi connectivity index (χ2v) is 9.23. The lowest BCUT2D eigenvalue weighted by molar-refractivity contribution is -0.125. The number of hydrogen-bond donors (Lipinski definition) is 2. The van der Waals surface area contributed by atoms with Gasteiger partial charge in [-0.1, -0.05) is 23.7 Å². The molecule has 1 aliphatic rings. The molecule has 160 valence electrons. The monoisotopic (exact) mass is 451 g/mol. The minimum atomic E-state index is -3.77. The maximum atomic E-state index is 12.5. The maximum absolute atomic E-state index is 12.5. The summed E-state index contributed by atoms with van der Waals surface area (Å²) in [5.41, 5.74) is 1.09. The standard InChI is InChI=1S/C20H22ClN3O5S/c1-13(2)23-30(27,28)16-7-8-18-17(9-16)24(20(26)12-29-18)11-19(25)22-10-14-3-5-15(21)6-4-14/h3-9,13,23H,10-12H2,1-2H3,(H,22,25). The summed E-state index contributed by atoms with van der Waals surface area (Å²) in [5, 5.41) is 3.34. The van der Waals surface area contributed by atoms with Gasteiger partial charge in [-0.3, -0.25) is 14.5 Å². The van der Waals surface area contributed by atoms with Gasteiger partial charge < -0.3 is 10.1 Å². The van der Waals surface area contributed by atoms with E-state index in [1.54, 1.807) is 38.1 Å². The van der Waals surface area contributed by atoms with Gasteiger partial charge in [0.2, 0.25) is 15.9 Å². The largest absolute Gasteiger partial charge is 0.482 e. The van der Waals surface area contributed by atoms with E-state index in [4.69, 9.17) is 16.3 Å². The number of fused-ring (bicyclic) bond motifs is 1. The van der Waals surface area contributed by atoms with Crippen LogP contribution in [0.4, 0.5) is 5.69 Å². The summed E-state index contributed by atoms with van der Waals surface area (Å²) in [7, 11) is -3.77. The van der Waals surface area contributed by atoms with Crippen LogP contribution in [0.25, 0.3) is 0 Å². The number of benzene rings is 2. The molecule has 2 aromatic carbocycles. The van der Waals surface area contributed by atoms with Crippen LogP contribution in [0.5, 0.6) is 5.75 Å². The molecule has 0 aliphatic carbocycles. The van der Waals surface area contributed by atoms with Crippen LogP contribution >= 0.6 is 11.6 Å². The van der Waals surface area contributed by atoms with Crippen LogP contribution in [0.3, 0.4) is 0 Å². The average Bonchev–Trinajstić information content (AvgIpc) is 2.68. The van der Waals surface area contributed by atoms with Gasteiger partial charge in [0, 0.05) is 17.6 Å². The van der Waals surface area contributed by atoms with Crippen molar-refractivity contribution in [3.8, 4) is 5.75 Å². The van der Waals surface area contributed by atoms with E-state index in [-0.39, 0.29) is 42.2 Å². The number of nitrogens with zero attached hydrogens (tertiary/aromatic N) is 1. The van der Waals surface area contributed by atoms with Crippen LogP contribution in [0, 0.1) is 0 Å². The SMILES string of the molecule is CC(C)NS(=O)(=O)c1ccc2c(c1)N(CC(=O)NCc1ccc(Cl)cc1)C(=O)CO2. The lowest BCUT2D eigenvalue weighted by atomic mass is 10.2. The van der Waals surface area contributed by atoms with Crippen molar-refractivity contribution in [2.24, 2.45) is 0 Å². The van der Waals surface area contributed by atoms with Gasteiger partial charge in [-0.15, -0.1) is 0 Å². The fourth-order valence-corrected chi connectivity index (χ4v) is 4.30. The molecule has 30 heavy (non-hydrogen) atoms. The molecule has 1 heterocycles. The Morgan fingerprint density at radius 3 is 2.57 bits per heavy atom. The van der Waals surface area contributed by atoms with Gasteiger partial charge in [0.1, 0.15) is 12.3 Å². The summed E-state index contributed by atoms with van der Waals surface area (Å²) in [5.74, 6) is -0.487. The summed E-state index contributed by atoms with van der Waals surface area (Å²) in [6, 6.07) is 10.9. The van der Waals surface area contributed by atoms with Gasteiger partial charge in [0.15, 0.2) is 6.61 Å². The summed E-state index contributed by atoms with van der Waals surface area (Å²) in [4.78, 5) is 26.0. The molecule has 1 aliphatic heterocycles. The van der Waals surface area contributed by atoms with Crippen LogP contribution in [0.2, 0.25) is 5.02 Å². The van der Waals surface area contributed by atoms with Crippen molar-refractivity contribution in [2.75, 3.05) is 18.1 Å². The van der Waals surface area contributed by atoms with E-state index in [1.807, 2.05) is 0 Å². The van der Waals surface area contributed by atoms with Gasteiger partial charge in [-0.25, -0.2) is 13.1 Å². The second-order valence-electron chi connectivity index (χ2n) is 7.08. The molecule has 0 aromatic heterocycles. The molecule has 2 aromatic rings. The van der Waals surface area contributed by atoms with Crippen LogP contribution in [0.15, 0.2) is 47.4 Å². The third-order valence-electron chi connectivity index (χ3n) is 4.28. The minimum Gasteiger partial charge on any atom is -0.482 e. The van der Waals surface area contributed by atoms with E-state index in [0.717, 1.165) is 5.56 Å². The zero-order chi connectivity index (χ0) is 21.9. The van der Waals surface area contributed by atoms with Crippen molar-refractivity contribution in [3.05, 3.63) is 53.1 Å². The molecular formula is C20H22ClN3O5S. The number of amides is 2. The Balaban J connectivity index is 1.77. The molecule has 0 unspecified atom stereocenters. The zero-order valence-electron chi connectivity index (χ0n) is 16.5. The summed E-state index contributed by atoms with van der Waals surface area (Å²) in [6.07, 6.45) is 0. The van der Waals surface area contributed by atoms with Crippen LogP contribution < -0.4 is 19.7 Å². The van der Waals surface area contributed by atoms with Gasteiger partial charge in [0.25, 0.3) is 5.91 Å². The van der Waals surface area contributed by atoms with E-state index in [9.17, 15) is 18.0 Å². The quantitative estimate of drug-likeness (QED) is 0.670. The van der Waals surface area contributed by atoms with Gasteiger partial charge in [0.05, 0.1) is 10.6 Å². The van der Waals surface area contributed by atoms with E-state index >= 15 is 0 Å². The van der Waals surface area contributed by atoms with Crippen molar-refractivity contribution >= 4 is 39.1 Å². The molecule has 0 spiro atoms. The minimum absolute atomic E-state index is 0.0141. The normalized spacial score (nSPS) is 13.7. The Morgan fingerprint density at radius 2 is 1.90 bits per heavy atom. The molecule has 8 nitrogen and oxygen atoms in total. The van der Waals surface area contributed by atoms with Gasteiger partial charge in [-0.2, -0.15) is 0 Å². The number of rotatable bonds is 7. The predicted octanol–water partition coefficient (Wildman–Crippen LogP) is 2.07. The molecular weight excluding hydrogens is 430 g/mol. The molecule has 0 bridgehead atoms. The second kappa shape index (κ2) is 9.03. The van der Waals surface area contributed by atoms with Crippen LogP contribution in [0.1, 0.15) is 19.4 Å². The number of carbonyl (C=O) groups excluding carboxylic acids is 2. The van der Waals surface area contributed by atoms with Crippen molar-refractivity contribution in [2.45, 2.75) is 31.3 Å². The number of halogens is 1. The van der Waals surface area contributed by atoms with E-state index in [0.29, 0.717) is 10.8 Å². The van der Waals surface area contributed by atoms with Crippen LogP contribution in [-0.4, -0.2) is 39.4 Å². The molecule has 0 saturated heterocycles. The first-order valence-corrected chi connectivity index (χ1v) is 11.1. The lowest BCUT2D eigenvalue weighted by Gasteiger charge is -2.29. The third-order valence-corrected chi connectivity index (χ3v) is 6.19. The third kappa shape index (κ3) is 5.29. The molecule has 10 heteroatoms. The molecule has 0 fully saturated rings. The fraction of sp³-hybridized carbons (Fsp3) is 0.300. The van der Waals surface area contributed by atoms with Crippen molar-refractivity contribution in [1.29, 1.82) is 0 Å². The first kappa shape index (κ1) is 22.1. The van der Waals surface area contributed by atoms with E-state index in [2.05, 4.69) is 10.0 Å². The summed E-state index contributed by atoms with van der Waals surface area (Å²) < 4.78 is 32.8. The predicted molar refractivity (Wildman–Crippen MR) is 113 cm³/mol. The van der Waals surface area contributed by atoms with E-state index < -0.39 is 15.9 Å². The maximum Gasteiger partial charge on any atom is 0.265 e. The Bertz CT molecular complexity index is 1050. The Labute approximate surface area is 180 Å². The van der Waals surface area contributed by atoms with Crippen LogP contribution in [-0.2, 0) is 26.2 Å². The molecule has 3 rings (SSSR count). The highest BCUT2D eigenvalue weighted by Crippen LogP contribution is 2.34. The topological polar surface area (TPSA) is 105 Å². The van der Waals surface area contributed by atoms with Gasteiger partial charge in [-0.05, 0) is 49.7 Å². The van der Waals surface area contributed by atoms with Crippen molar-refractivity contribution in [1.82, 2.24) is 10.0 Å². The fourth-order valence-electron chi connectivity index (χ4n) is 2.90. The molecule has 2 amide bonds. The highest BCUT2D eigenvalue weighted by Gasteiger charge is 2.29. The molecule has 0 atom stereocenters. The van der Waals surface area contributed by atoms with Gasteiger partial charge >= 0.3 is 0 Å². The number of carbonyl (C=O) groups is 2. The highest BCUT2D eigenvalue weighted by molar-refractivity contribution is 7.89. The number of ether oxygens (including phenoxy) is 1. The highest BCUT2D eigenvalue weighted by atomic mass is 35.5. The zero-order valence-corrected chi connectivity index (χ0v) is 18.1. The molecule has 2 N–H and O–H groups in total. The number of anilines is 1. The average molecular weight is 452 g/mol. The first-order chi connectivity index (χ1) is 14.2. The summed E-state index contributed by atoms with van der Waals surface area (Å²) in [6.45, 7) is 3.20. The smallest absolute Gasteiger partial charge is 0.265 e. The number of sulfonamides is 1. The first-order valence-electron chi connectivity index (χ1n) is 9.26.